The van der Waals surface area contributed by atoms with Crippen LogP contribution in [0.2, 0.25) is 0 Å². The Morgan fingerprint density at radius 1 is 0.569 bits per heavy atom. The van der Waals surface area contributed by atoms with Crippen molar-refractivity contribution in [3.8, 4) is 0 Å². The van der Waals surface area contributed by atoms with E-state index in [2.05, 4.69) is 19.2 Å². The summed E-state index contributed by atoms with van der Waals surface area (Å²) in [5, 5.41) is 13.7. The normalized spacial score (nSPS) is 14.3. The Kier molecular flexibility index (Phi) is 41.0. The molecular weight excluding hydrogens is 744 g/mol. The smallest absolute Gasteiger partial charge is 0.387 e. The number of hydrogen-bond acceptors (Lipinski definition) is 5. The standard InChI is InChI=1S/C49H99N2O6P/c1-6-8-10-12-14-15-16-17-18-19-20-21-22-23-24-25-26-27-28-29-30-31-32-33-34-35-37-39-41-43-49(53)50-47(48(52)42-40-38-36-13-11-9-7-2)46-57-58(54,55)56-45-44-51(3,4)5/h40,42,47-48,52H,6-39,41,43-46H2,1-5H3,(H-,50,53,54,55)/p+1/b42-40+. The minimum atomic E-state index is -4.32. The van der Waals surface area contributed by atoms with Crippen molar-refractivity contribution in [1.82, 2.24) is 5.32 Å². The van der Waals surface area contributed by atoms with Crippen LogP contribution in [-0.4, -0.2) is 73.4 Å². The molecule has 0 saturated carbocycles. The number of phosphoric ester groups is 1. The summed E-state index contributed by atoms with van der Waals surface area (Å²) in [5.41, 5.74) is 0. The molecule has 0 aromatic carbocycles. The quantitative estimate of drug-likeness (QED) is 0.0244. The number of aliphatic hydroxyl groups excluding tert-OH is 1. The van der Waals surface area contributed by atoms with Gasteiger partial charge < -0.3 is 19.8 Å². The summed E-state index contributed by atoms with van der Waals surface area (Å²) in [6.07, 6.45) is 49.1. The highest BCUT2D eigenvalue weighted by Gasteiger charge is 2.27. The van der Waals surface area contributed by atoms with E-state index < -0.39 is 20.0 Å². The molecule has 0 rings (SSSR count). The second-order valence-corrected chi connectivity index (χ2v) is 20.0. The number of unbranched alkanes of at least 4 members (excludes halogenated alkanes) is 33. The first-order valence-corrected chi connectivity index (χ1v) is 26.6. The summed E-state index contributed by atoms with van der Waals surface area (Å²) in [5.74, 6) is -0.177. The predicted molar refractivity (Wildman–Crippen MR) is 249 cm³/mol. The van der Waals surface area contributed by atoms with Crippen molar-refractivity contribution in [3.63, 3.8) is 0 Å². The van der Waals surface area contributed by atoms with Gasteiger partial charge in [-0.05, 0) is 19.3 Å². The number of amides is 1. The molecule has 0 aliphatic carbocycles. The predicted octanol–water partition coefficient (Wildman–Crippen LogP) is 14.3. The van der Waals surface area contributed by atoms with Crippen LogP contribution in [0, 0.1) is 0 Å². The van der Waals surface area contributed by atoms with Gasteiger partial charge in [0.25, 0.3) is 0 Å². The molecule has 58 heavy (non-hydrogen) atoms. The van der Waals surface area contributed by atoms with E-state index in [4.69, 9.17) is 9.05 Å². The van der Waals surface area contributed by atoms with Crippen LogP contribution in [0.15, 0.2) is 12.2 Å². The van der Waals surface area contributed by atoms with E-state index in [-0.39, 0.29) is 19.1 Å². The summed E-state index contributed by atoms with van der Waals surface area (Å²) in [6, 6.07) is -0.838. The monoisotopic (exact) mass is 844 g/mol. The number of hydrogen-bond donors (Lipinski definition) is 3. The second-order valence-electron chi connectivity index (χ2n) is 18.6. The van der Waals surface area contributed by atoms with Crippen molar-refractivity contribution < 1.29 is 32.9 Å². The molecule has 0 fully saturated rings. The van der Waals surface area contributed by atoms with Crippen molar-refractivity contribution in [1.29, 1.82) is 0 Å². The third kappa shape index (κ3) is 43.3. The van der Waals surface area contributed by atoms with Gasteiger partial charge in [0.05, 0.1) is 39.9 Å². The molecular formula is C49H100N2O6P+. The Labute approximate surface area is 361 Å². The van der Waals surface area contributed by atoms with Gasteiger partial charge in [-0.15, -0.1) is 0 Å². The van der Waals surface area contributed by atoms with Gasteiger partial charge in [-0.2, -0.15) is 0 Å². The number of nitrogens with zero attached hydrogens (tertiary/aromatic N) is 1. The molecule has 8 nitrogen and oxygen atoms in total. The molecule has 0 spiro atoms. The van der Waals surface area contributed by atoms with Gasteiger partial charge in [-0.3, -0.25) is 13.8 Å². The number of likely N-dealkylation sites (N-methyl/N-ethyl adjacent to an activating group) is 1. The minimum absolute atomic E-state index is 0.0639. The number of allylic oxidation sites excluding steroid dienone is 1. The van der Waals surface area contributed by atoms with Crippen molar-refractivity contribution in [3.05, 3.63) is 12.2 Å². The van der Waals surface area contributed by atoms with Crippen LogP contribution < -0.4 is 5.32 Å². The van der Waals surface area contributed by atoms with Crippen molar-refractivity contribution in [2.24, 2.45) is 0 Å². The highest BCUT2D eigenvalue weighted by Crippen LogP contribution is 2.43. The Balaban J connectivity index is 3.90. The van der Waals surface area contributed by atoms with E-state index in [0.717, 1.165) is 38.5 Å². The van der Waals surface area contributed by atoms with Crippen LogP contribution >= 0.6 is 7.82 Å². The largest absolute Gasteiger partial charge is 0.472 e. The van der Waals surface area contributed by atoms with E-state index in [9.17, 15) is 19.4 Å². The molecule has 3 N–H and O–H groups in total. The highest BCUT2D eigenvalue weighted by molar-refractivity contribution is 7.47. The molecule has 0 heterocycles. The lowest BCUT2D eigenvalue weighted by atomic mass is 10.0. The van der Waals surface area contributed by atoms with Gasteiger partial charge in [0.2, 0.25) is 5.91 Å². The van der Waals surface area contributed by atoms with E-state index in [0.29, 0.717) is 17.4 Å². The number of aliphatic hydroxyl groups is 1. The third-order valence-corrected chi connectivity index (χ3v) is 12.5. The Morgan fingerprint density at radius 2 is 0.914 bits per heavy atom. The fourth-order valence-electron chi connectivity index (χ4n) is 7.51. The molecule has 0 aliphatic rings. The lowest BCUT2D eigenvalue weighted by Gasteiger charge is -2.25. The van der Waals surface area contributed by atoms with Gasteiger partial charge in [0.15, 0.2) is 0 Å². The Morgan fingerprint density at radius 3 is 1.28 bits per heavy atom. The minimum Gasteiger partial charge on any atom is -0.387 e. The Bertz CT molecular complexity index is 958. The lowest BCUT2D eigenvalue weighted by Crippen LogP contribution is -2.45. The van der Waals surface area contributed by atoms with Gasteiger partial charge in [0.1, 0.15) is 13.2 Å². The summed E-state index contributed by atoms with van der Waals surface area (Å²) < 4.78 is 23.5. The van der Waals surface area contributed by atoms with Crippen molar-refractivity contribution >= 4 is 13.7 Å². The first kappa shape index (κ1) is 57.2. The van der Waals surface area contributed by atoms with E-state index in [1.165, 1.54) is 186 Å². The molecule has 0 radical (unpaired) electrons. The number of phosphoric acid groups is 1. The summed E-state index contributed by atoms with van der Waals surface area (Å²) in [4.78, 5) is 23.0. The zero-order chi connectivity index (χ0) is 42.8. The van der Waals surface area contributed by atoms with E-state index in [1.807, 2.05) is 27.2 Å². The van der Waals surface area contributed by atoms with Crippen LogP contribution in [0.3, 0.4) is 0 Å². The second kappa shape index (κ2) is 41.6. The molecule has 0 bridgehead atoms. The average Bonchev–Trinajstić information content (AvgIpc) is 3.17. The molecule has 0 aromatic rings. The molecule has 3 atom stereocenters. The van der Waals surface area contributed by atoms with Gasteiger partial charge >= 0.3 is 7.82 Å². The topological polar surface area (TPSA) is 105 Å². The maximum atomic E-state index is 12.8. The van der Waals surface area contributed by atoms with Crippen LogP contribution in [0.5, 0.6) is 0 Å². The zero-order valence-corrected chi connectivity index (χ0v) is 40.2. The average molecular weight is 844 g/mol. The van der Waals surface area contributed by atoms with Crippen LogP contribution in [0.1, 0.15) is 245 Å². The van der Waals surface area contributed by atoms with E-state index in [1.54, 1.807) is 6.08 Å². The van der Waals surface area contributed by atoms with E-state index >= 15 is 0 Å². The summed E-state index contributed by atoms with van der Waals surface area (Å²) in [6.45, 7) is 4.78. The molecule has 9 heteroatoms. The highest BCUT2D eigenvalue weighted by atomic mass is 31.2. The lowest BCUT2D eigenvalue weighted by molar-refractivity contribution is -0.870. The molecule has 0 saturated heterocycles. The molecule has 0 aliphatic heterocycles. The number of nitrogens with one attached hydrogen (secondary N) is 1. The van der Waals surface area contributed by atoms with Crippen LogP contribution in [0.4, 0.5) is 0 Å². The van der Waals surface area contributed by atoms with Crippen LogP contribution in [0.25, 0.3) is 0 Å². The summed E-state index contributed by atoms with van der Waals surface area (Å²) in [7, 11) is 1.58. The third-order valence-electron chi connectivity index (χ3n) is 11.5. The zero-order valence-electron chi connectivity index (χ0n) is 39.3. The first-order valence-electron chi connectivity index (χ1n) is 25.1. The van der Waals surface area contributed by atoms with Crippen molar-refractivity contribution in [2.45, 2.75) is 257 Å². The number of quaternary nitrogens is 1. The molecule has 1 amide bonds. The van der Waals surface area contributed by atoms with Crippen molar-refractivity contribution in [2.75, 3.05) is 40.9 Å². The van der Waals surface area contributed by atoms with Gasteiger partial charge in [-0.1, -0.05) is 231 Å². The summed E-state index contributed by atoms with van der Waals surface area (Å²) >= 11 is 0. The van der Waals surface area contributed by atoms with Gasteiger partial charge in [0, 0.05) is 6.42 Å². The van der Waals surface area contributed by atoms with Crippen LogP contribution in [-0.2, 0) is 18.4 Å². The number of carbonyl (C=O) groups excluding carboxylic acids is 1. The SMILES string of the molecule is CCCCCCC/C=C/C(O)C(COP(=O)(O)OCC[N+](C)(C)C)NC(=O)CCCCCCCCCCCCCCCCCCCCCCCCCCCCCCC. The molecule has 3 unspecified atom stereocenters. The maximum absolute atomic E-state index is 12.8. The maximum Gasteiger partial charge on any atom is 0.472 e. The molecule has 0 aromatic heterocycles. The fraction of sp³-hybridized carbons (Fsp3) is 0.939. The first-order chi connectivity index (χ1) is 28.0. The number of carbonyl (C=O) groups is 1. The van der Waals surface area contributed by atoms with Gasteiger partial charge in [-0.25, -0.2) is 4.57 Å². The molecule has 346 valence electrons. The number of rotatable bonds is 46. The Hall–Kier alpha value is -0.760. The fourth-order valence-corrected chi connectivity index (χ4v) is 8.25.